The number of ether oxygens (including phenoxy) is 3. The van der Waals surface area contributed by atoms with E-state index in [1.807, 2.05) is 12.1 Å². The summed E-state index contributed by atoms with van der Waals surface area (Å²) in [7, 11) is 4.66. The highest BCUT2D eigenvalue weighted by Crippen LogP contribution is 2.25. The first-order chi connectivity index (χ1) is 11.5. The molecule has 2 rings (SSSR count). The summed E-state index contributed by atoms with van der Waals surface area (Å²) in [6.07, 6.45) is 0.792. The third kappa shape index (κ3) is 4.17. The molecule has 1 N–H and O–H groups in total. The van der Waals surface area contributed by atoms with E-state index in [1.54, 1.807) is 20.3 Å². The van der Waals surface area contributed by atoms with E-state index in [9.17, 15) is 14.7 Å². The topological polar surface area (TPSA) is 85.3 Å². The second-order valence-electron chi connectivity index (χ2n) is 5.71. The van der Waals surface area contributed by atoms with Crippen LogP contribution in [0.3, 0.4) is 0 Å². The molecule has 0 aliphatic carbocycles. The summed E-state index contributed by atoms with van der Waals surface area (Å²) in [5.74, 6) is 0.122. The van der Waals surface area contributed by atoms with Gasteiger partial charge in [-0.1, -0.05) is 0 Å². The maximum Gasteiger partial charge on any atom is 0.326 e. The third-order valence-electron chi connectivity index (χ3n) is 4.24. The average Bonchev–Trinajstić information content (AvgIpc) is 3.04. The second kappa shape index (κ2) is 8.01. The van der Waals surface area contributed by atoms with Crippen LogP contribution in [0.2, 0.25) is 0 Å². The van der Waals surface area contributed by atoms with Gasteiger partial charge in [0.1, 0.15) is 17.5 Å². The SMILES string of the molecule is COc1cc(CCC(=O)N2CC(OC)CC2C(=O)O)cc(OC)c1. The summed E-state index contributed by atoms with van der Waals surface area (Å²) in [4.78, 5) is 25.2. The van der Waals surface area contributed by atoms with E-state index in [4.69, 9.17) is 14.2 Å². The van der Waals surface area contributed by atoms with Crippen LogP contribution in [0.25, 0.3) is 0 Å². The number of nitrogens with zero attached hydrogens (tertiary/aromatic N) is 1. The average molecular weight is 337 g/mol. The number of carbonyl (C=O) groups is 2. The molecule has 7 heteroatoms. The molecule has 2 atom stereocenters. The van der Waals surface area contributed by atoms with Crippen LogP contribution in [0.4, 0.5) is 0 Å². The highest BCUT2D eigenvalue weighted by atomic mass is 16.5. The van der Waals surface area contributed by atoms with E-state index in [0.29, 0.717) is 30.9 Å². The standard InChI is InChI=1S/C17H23NO6/c1-22-12-6-11(7-13(8-12)23-2)4-5-16(19)18-10-14(24-3)9-15(18)17(20)21/h6-8,14-15H,4-5,9-10H2,1-3H3,(H,20,21). The van der Waals surface area contributed by atoms with Crippen molar-refractivity contribution in [2.45, 2.75) is 31.4 Å². The summed E-state index contributed by atoms with van der Waals surface area (Å²) in [6.45, 7) is 0.313. The van der Waals surface area contributed by atoms with Gasteiger partial charge in [0, 0.05) is 32.6 Å². The fraction of sp³-hybridized carbons (Fsp3) is 0.529. The van der Waals surface area contributed by atoms with Gasteiger partial charge < -0.3 is 24.2 Å². The van der Waals surface area contributed by atoms with E-state index >= 15 is 0 Å². The van der Waals surface area contributed by atoms with Crippen LogP contribution in [-0.2, 0) is 20.7 Å². The number of carbonyl (C=O) groups excluding carboxylic acids is 1. The van der Waals surface area contributed by atoms with E-state index in [-0.39, 0.29) is 18.4 Å². The zero-order chi connectivity index (χ0) is 17.7. The minimum Gasteiger partial charge on any atom is -0.497 e. The predicted molar refractivity (Wildman–Crippen MR) is 86.4 cm³/mol. The highest BCUT2D eigenvalue weighted by molar-refractivity contribution is 5.84. The minimum atomic E-state index is -0.994. The van der Waals surface area contributed by atoms with Crippen molar-refractivity contribution in [1.29, 1.82) is 0 Å². The van der Waals surface area contributed by atoms with Crippen LogP contribution in [-0.4, -0.2) is 61.9 Å². The van der Waals surface area contributed by atoms with E-state index in [2.05, 4.69) is 0 Å². The van der Waals surface area contributed by atoms with Crippen molar-refractivity contribution in [1.82, 2.24) is 4.90 Å². The molecule has 132 valence electrons. The van der Waals surface area contributed by atoms with Crippen molar-refractivity contribution >= 4 is 11.9 Å². The Hall–Kier alpha value is -2.28. The summed E-state index contributed by atoms with van der Waals surface area (Å²) in [6, 6.07) is 4.62. The normalized spacial score (nSPS) is 20.0. The molecule has 24 heavy (non-hydrogen) atoms. The van der Waals surface area contributed by atoms with Crippen molar-refractivity contribution in [2.75, 3.05) is 27.9 Å². The fourth-order valence-corrected chi connectivity index (χ4v) is 2.88. The van der Waals surface area contributed by atoms with Gasteiger partial charge in [-0.25, -0.2) is 4.79 Å². The number of amides is 1. The smallest absolute Gasteiger partial charge is 0.326 e. The maximum absolute atomic E-state index is 12.4. The van der Waals surface area contributed by atoms with Crippen molar-refractivity contribution in [3.05, 3.63) is 23.8 Å². The van der Waals surface area contributed by atoms with Crippen LogP contribution >= 0.6 is 0 Å². The molecule has 0 radical (unpaired) electrons. The van der Waals surface area contributed by atoms with Crippen LogP contribution in [0, 0.1) is 0 Å². The van der Waals surface area contributed by atoms with Crippen molar-refractivity contribution in [2.24, 2.45) is 0 Å². The number of benzene rings is 1. The zero-order valence-corrected chi connectivity index (χ0v) is 14.2. The molecule has 7 nitrogen and oxygen atoms in total. The van der Waals surface area contributed by atoms with Gasteiger partial charge in [0.05, 0.1) is 20.3 Å². The van der Waals surface area contributed by atoms with Crippen LogP contribution in [0.15, 0.2) is 18.2 Å². The number of hydrogen-bond acceptors (Lipinski definition) is 5. The van der Waals surface area contributed by atoms with E-state index < -0.39 is 12.0 Å². The van der Waals surface area contributed by atoms with Gasteiger partial charge in [-0.2, -0.15) is 0 Å². The Morgan fingerprint density at radius 3 is 2.29 bits per heavy atom. The first-order valence-corrected chi connectivity index (χ1v) is 7.75. The van der Waals surface area contributed by atoms with Gasteiger partial charge in [-0.3, -0.25) is 4.79 Å². The lowest BCUT2D eigenvalue weighted by Crippen LogP contribution is -2.40. The molecule has 1 fully saturated rings. The molecule has 1 amide bonds. The lowest BCUT2D eigenvalue weighted by atomic mass is 10.1. The number of aryl methyl sites for hydroxylation is 1. The lowest BCUT2D eigenvalue weighted by Gasteiger charge is -2.21. The van der Waals surface area contributed by atoms with Gasteiger partial charge in [-0.05, 0) is 24.1 Å². The lowest BCUT2D eigenvalue weighted by molar-refractivity contribution is -0.148. The van der Waals surface area contributed by atoms with Crippen LogP contribution in [0.5, 0.6) is 11.5 Å². The minimum absolute atomic E-state index is 0.191. The fourth-order valence-electron chi connectivity index (χ4n) is 2.88. The number of aliphatic carboxylic acids is 1. The number of carboxylic acid groups (broad SMARTS) is 1. The highest BCUT2D eigenvalue weighted by Gasteiger charge is 2.39. The van der Waals surface area contributed by atoms with Crippen molar-refractivity contribution in [3.63, 3.8) is 0 Å². The first-order valence-electron chi connectivity index (χ1n) is 7.75. The predicted octanol–water partition coefficient (Wildman–Crippen LogP) is 1.34. The van der Waals surface area contributed by atoms with Gasteiger partial charge in [-0.15, -0.1) is 0 Å². The van der Waals surface area contributed by atoms with Crippen LogP contribution in [0.1, 0.15) is 18.4 Å². The summed E-state index contributed by atoms with van der Waals surface area (Å²) in [5.41, 5.74) is 0.897. The number of hydrogen-bond donors (Lipinski definition) is 1. The van der Waals surface area contributed by atoms with Crippen molar-refractivity contribution < 1.29 is 28.9 Å². The van der Waals surface area contributed by atoms with Crippen molar-refractivity contribution in [3.8, 4) is 11.5 Å². The molecule has 0 aromatic heterocycles. The molecule has 1 saturated heterocycles. The monoisotopic (exact) mass is 337 g/mol. The molecule has 0 saturated carbocycles. The van der Waals surface area contributed by atoms with Gasteiger partial charge in [0.2, 0.25) is 5.91 Å². The Morgan fingerprint density at radius 2 is 1.79 bits per heavy atom. The van der Waals surface area contributed by atoms with E-state index in [0.717, 1.165) is 5.56 Å². The number of carboxylic acids is 1. The molecule has 1 aliphatic heterocycles. The molecule has 1 aromatic rings. The summed E-state index contributed by atoms with van der Waals surface area (Å²) in [5, 5.41) is 9.29. The molecule has 0 spiro atoms. The second-order valence-corrected chi connectivity index (χ2v) is 5.71. The van der Waals surface area contributed by atoms with Crippen LogP contribution < -0.4 is 9.47 Å². The summed E-state index contributed by atoms with van der Waals surface area (Å²) >= 11 is 0. The molecule has 2 unspecified atom stereocenters. The Balaban J connectivity index is 2.03. The molecule has 0 bridgehead atoms. The number of rotatable bonds is 7. The van der Waals surface area contributed by atoms with Gasteiger partial charge in [0.25, 0.3) is 0 Å². The largest absolute Gasteiger partial charge is 0.497 e. The van der Waals surface area contributed by atoms with Gasteiger partial charge in [0.15, 0.2) is 0 Å². The molecular weight excluding hydrogens is 314 g/mol. The Labute approximate surface area is 141 Å². The van der Waals surface area contributed by atoms with Gasteiger partial charge >= 0.3 is 5.97 Å². The summed E-state index contributed by atoms with van der Waals surface area (Å²) < 4.78 is 15.6. The maximum atomic E-state index is 12.4. The number of methoxy groups -OCH3 is 3. The number of likely N-dealkylation sites (tertiary alicyclic amines) is 1. The molecule has 1 aromatic carbocycles. The Kier molecular flexibility index (Phi) is 6.03. The zero-order valence-electron chi connectivity index (χ0n) is 14.2. The van der Waals surface area contributed by atoms with E-state index in [1.165, 1.54) is 12.0 Å². The first kappa shape index (κ1) is 18.1. The molecule has 1 heterocycles. The molecular formula is C17H23NO6. The Morgan fingerprint density at radius 1 is 1.17 bits per heavy atom. The molecule has 1 aliphatic rings. The Bertz CT molecular complexity index is 580. The third-order valence-corrected chi connectivity index (χ3v) is 4.24. The quantitative estimate of drug-likeness (QED) is 0.808.